The van der Waals surface area contributed by atoms with Gasteiger partial charge < -0.3 is 15.3 Å². The molecule has 1 aromatic rings. The molecule has 4 heteroatoms. The highest BCUT2D eigenvalue weighted by atomic mass is 19.1. The monoisotopic (exact) mass is 238 g/mol. The number of nitrogens with zero attached hydrogens (tertiary/aromatic N) is 1. The molecular formula is C13H19FN2O. The van der Waals surface area contributed by atoms with E-state index in [0.29, 0.717) is 6.54 Å². The molecule has 94 valence electrons. The number of hydrogen-bond donors (Lipinski definition) is 2. The van der Waals surface area contributed by atoms with Crippen LogP contribution in [0.2, 0.25) is 0 Å². The van der Waals surface area contributed by atoms with E-state index in [1.807, 2.05) is 6.07 Å². The number of nitrogens with one attached hydrogen (secondary N) is 1. The van der Waals surface area contributed by atoms with Crippen molar-refractivity contribution in [1.82, 2.24) is 5.32 Å². The highest BCUT2D eigenvalue weighted by Crippen LogP contribution is 2.22. The Hall–Kier alpha value is -1.13. The smallest absolute Gasteiger partial charge is 0.125 e. The molecular weight excluding hydrogens is 219 g/mol. The first kappa shape index (κ1) is 12.3. The number of aliphatic hydroxyl groups excluding tert-OH is 1. The third-order valence-corrected chi connectivity index (χ3v) is 3.02. The third-order valence-electron chi connectivity index (χ3n) is 3.02. The van der Waals surface area contributed by atoms with Crippen molar-refractivity contribution in [1.29, 1.82) is 0 Å². The van der Waals surface area contributed by atoms with E-state index in [-0.39, 0.29) is 24.0 Å². The molecule has 17 heavy (non-hydrogen) atoms. The Kier molecular flexibility index (Phi) is 3.35. The summed E-state index contributed by atoms with van der Waals surface area (Å²) < 4.78 is 13.2. The minimum absolute atomic E-state index is 0.0296. The maximum Gasteiger partial charge on any atom is 0.125 e. The molecule has 1 atom stereocenters. The van der Waals surface area contributed by atoms with E-state index in [9.17, 15) is 9.50 Å². The van der Waals surface area contributed by atoms with Crippen LogP contribution >= 0.6 is 0 Å². The number of hydrogen-bond acceptors (Lipinski definition) is 3. The SMILES string of the molecule is CC1(C)CN(c2cccc(F)c2)CC(CO)N1. The Labute approximate surface area is 101 Å². The summed E-state index contributed by atoms with van der Waals surface area (Å²) in [5.41, 5.74) is 0.788. The summed E-state index contributed by atoms with van der Waals surface area (Å²) >= 11 is 0. The van der Waals surface area contributed by atoms with Gasteiger partial charge in [-0.2, -0.15) is 0 Å². The van der Waals surface area contributed by atoms with Crippen LogP contribution in [0.15, 0.2) is 24.3 Å². The predicted molar refractivity (Wildman–Crippen MR) is 66.7 cm³/mol. The molecule has 0 amide bonds. The van der Waals surface area contributed by atoms with Crippen LogP contribution in [0.3, 0.4) is 0 Å². The summed E-state index contributed by atoms with van der Waals surface area (Å²) in [5.74, 6) is -0.223. The topological polar surface area (TPSA) is 35.5 Å². The number of halogens is 1. The highest BCUT2D eigenvalue weighted by Gasteiger charge is 2.31. The van der Waals surface area contributed by atoms with Gasteiger partial charge in [-0.15, -0.1) is 0 Å². The first-order valence-corrected chi connectivity index (χ1v) is 5.89. The Morgan fingerprint density at radius 1 is 1.53 bits per heavy atom. The average Bonchev–Trinajstić information content (AvgIpc) is 2.27. The van der Waals surface area contributed by atoms with Crippen LogP contribution in [-0.4, -0.2) is 36.4 Å². The summed E-state index contributed by atoms with van der Waals surface area (Å²) in [4.78, 5) is 2.11. The average molecular weight is 238 g/mol. The lowest BCUT2D eigenvalue weighted by Gasteiger charge is -2.44. The Balaban J connectivity index is 2.20. The lowest BCUT2D eigenvalue weighted by molar-refractivity contribution is 0.191. The van der Waals surface area contributed by atoms with E-state index in [0.717, 1.165) is 12.2 Å². The van der Waals surface area contributed by atoms with Crippen molar-refractivity contribution in [2.75, 3.05) is 24.6 Å². The predicted octanol–water partition coefficient (Wildman–Crippen LogP) is 1.37. The van der Waals surface area contributed by atoms with Crippen LogP contribution < -0.4 is 10.2 Å². The van der Waals surface area contributed by atoms with Gasteiger partial charge in [0.2, 0.25) is 0 Å². The number of piperazine rings is 1. The Morgan fingerprint density at radius 3 is 2.94 bits per heavy atom. The number of benzene rings is 1. The zero-order chi connectivity index (χ0) is 12.5. The molecule has 0 bridgehead atoms. The summed E-state index contributed by atoms with van der Waals surface area (Å²) in [6.07, 6.45) is 0. The van der Waals surface area contributed by atoms with Gasteiger partial charge in [-0.1, -0.05) is 6.07 Å². The van der Waals surface area contributed by atoms with Gasteiger partial charge >= 0.3 is 0 Å². The zero-order valence-corrected chi connectivity index (χ0v) is 10.3. The normalized spacial score (nSPS) is 23.8. The van der Waals surface area contributed by atoms with Gasteiger partial charge in [0, 0.05) is 30.4 Å². The number of anilines is 1. The van der Waals surface area contributed by atoms with Gasteiger partial charge in [0.25, 0.3) is 0 Å². The van der Waals surface area contributed by atoms with E-state index in [4.69, 9.17) is 0 Å². The molecule has 0 spiro atoms. The fourth-order valence-electron chi connectivity index (χ4n) is 2.42. The van der Waals surface area contributed by atoms with Gasteiger partial charge in [-0.25, -0.2) is 4.39 Å². The third kappa shape index (κ3) is 2.96. The molecule has 0 aliphatic carbocycles. The molecule has 0 saturated carbocycles. The van der Waals surface area contributed by atoms with Crippen LogP contribution in [-0.2, 0) is 0 Å². The zero-order valence-electron chi connectivity index (χ0n) is 10.3. The van der Waals surface area contributed by atoms with Gasteiger partial charge in [0.1, 0.15) is 5.82 Å². The van der Waals surface area contributed by atoms with Crippen molar-refractivity contribution in [3.05, 3.63) is 30.1 Å². The second-order valence-electron chi connectivity index (χ2n) is 5.27. The molecule has 1 aliphatic heterocycles. The van der Waals surface area contributed by atoms with Crippen molar-refractivity contribution >= 4 is 5.69 Å². The van der Waals surface area contributed by atoms with Gasteiger partial charge in [0.05, 0.1) is 6.61 Å². The van der Waals surface area contributed by atoms with Crippen LogP contribution in [0.4, 0.5) is 10.1 Å². The molecule has 1 aromatic carbocycles. The van der Waals surface area contributed by atoms with Crippen molar-refractivity contribution in [2.45, 2.75) is 25.4 Å². The lowest BCUT2D eigenvalue weighted by Crippen LogP contribution is -2.63. The van der Waals surface area contributed by atoms with Crippen molar-refractivity contribution in [3.63, 3.8) is 0 Å². The largest absolute Gasteiger partial charge is 0.395 e. The fraction of sp³-hybridized carbons (Fsp3) is 0.538. The maximum atomic E-state index is 13.2. The number of rotatable bonds is 2. The summed E-state index contributed by atoms with van der Waals surface area (Å²) in [5, 5.41) is 12.7. The highest BCUT2D eigenvalue weighted by molar-refractivity contribution is 5.47. The van der Waals surface area contributed by atoms with Crippen LogP contribution in [0, 0.1) is 5.82 Å². The molecule has 3 nitrogen and oxygen atoms in total. The quantitative estimate of drug-likeness (QED) is 0.817. The first-order chi connectivity index (χ1) is 8.00. The van der Waals surface area contributed by atoms with E-state index in [1.54, 1.807) is 6.07 Å². The minimum atomic E-state index is -0.223. The van der Waals surface area contributed by atoms with E-state index >= 15 is 0 Å². The van der Waals surface area contributed by atoms with Gasteiger partial charge in [0.15, 0.2) is 0 Å². The molecule has 1 fully saturated rings. The molecule has 1 aliphatic rings. The molecule has 0 aromatic heterocycles. The van der Waals surface area contributed by atoms with E-state index < -0.39 is 0 Å². The van der Waals surface area contributed by atoms with E-state index in [2.05, 4.69) is 24.1 Å². The van der Waals surface area contributed by atoms with Crippen molar-refractivity contribution in [2.24, 2.45) is 0 Å². The standard InChI is InChI=1S/C13H19FN2O/c1-13(2)9-16(7-11(8-17)15-13)12-5-3-4-10(14)6-12/h3-6,11,15,17H,7-9H2,1-2H3. The summed E-state index contributed by atoms with van der Waals surface area (Å²) in [7, 11) is 0. The molecule has 2 N–H and O–H groups in total. The summed E-state index contributed by atoms with van der Waals surface area (Å²) in [6, 6.07) is 6.63. The second kappa shape index (κ2) is 4.63. The Morgan fingerprint density at radius 2 is 2.29 bits per heavy atom. The lowest BCUT2D eigenvalue weighted by atomic mass is 9.98. The van der Waals surface area contributed by atoms with Crippen LogP contribution in [0.1, 0.15) is 13.8 Å². The van der Waals surface area contributed by atoms with Crippen molar-refractivity contribution < 1.29 is 9.50 Å². The van der Waals surface area contributed by atoms with Gasteiger partial charge in [-0.05, 0) is 32.0 Å². The second-order valence-corrected chi connectivity index (χ2v) is 5.27. The fourth-order valence-corrected chi connectivity index (χ4v) is 2.42. The molecule has 1 saturated heterocycles. The molecule has 0 radical (unpaired) electrons. The number of aliphatic hydroxyl groups is 1. The van der Waals surface area contributed by atoms with Crippen LogP contribution in [0.5, 0.6) is 0 Å². The molecule has 1 unspecified atom stereocenters. The van der Waals surface area contributed by atoms with Crippen LogP contribution in [0.25, 0.3) is 0 Å². The molecule has 1 heterocycles. The van der Waals surface area contributed by atoms with Gasteiger partial charge in [-0.3, -0.25) is 0 Å². The van der Waals surface area contributed by atoms with Crippen molar-refractivity contribution in [3.8, 4) is 0 Å². The molecule has 2 rings (SSSR count). The first-order valence-electron chi connectivity index (χ1n) is 5.89. The summed E-state index contributed by atoms with van der Waals surface area (Å²) in [6.45, 7) is 5.76. The minimum Gasteiger partial charge on any atom is -0.395 e. The Bertz CT molecular complexity index is 395. The van der Waals surface area contributed by atoms with E-state index in [1.165, 1.54) is 12.1 Å². The maximum absolute atomic E-state index is 13.2.